The molecular formula is C17H16N2O3S. The number of benzene rings is 2. The second kappa shape index (κ2) is 6.26. The normalized spacial score (nSPS) is 14.3. The maximum Gasteiger partial charge on any atom is 0.236 e. The number of fused-ring (bicyclic) bond motifs is 5. The van der Waals surface area contributed by atoms with E-state index in [-0.39, 0.29) is 5.75 Å². The minimum absolute atomic E-state index is 0.0868. The summed E-state index contributed by atoms with van der Waals surface area (Å²) in [5, 5.41) is 1.11. The first-order valence-corrected chi connectivity index (χ1v) is 8.69. The van der Waals surface area contributed by atoms with Gasteiger partial charge in [0.25, 0.3) is 0 Å². The van der Waals surface area contributed by atoms with Gasteiger partial charge in [-0.15, -0.1) is 0 Å². The van der Waals surface area contributed by atoms with Crippen molar-refractivity contribution >= 4 is 26.6 Å². The third-order valence-corrected chi connectivity index (χ3v) is 4.65. The molecule has 0 aliphatic carbocycles. The fourth-order valence-electron chi connectivity index (χ4n) is 2.28. The summed E-state index contributed by atoms with van der Waals surface area (Å²) >= 11 is 0. The van der Waals surface area contributed by atoms with Crippen molar-refractivity contribution in [1.29, 1.82) is 0 Å². The zero-order valence-electron chi connectivity index (χ0n) is 12.6. The van der Waals surface area contributed by atoms with Gasteiger partial charge in [-0.1, -0.05) is 18.2 Å². The van der Waals surface area contributed by atoms with Crippen LogP contribution in [0.1, 0.15) is 5.56 Å². The number of hydrogen-bond acceptors (Lipinski definition) is 4. The summed E-state index contributed by atoms with van der Waals surface area (Å²) in [5.41, 5.74) is 2.48. The standard InChI is InChI=1S/C10H9NO.C7H7NO2S/c1-12-9-4-5-10-8(7-9)3-2-6-11-10;9-11(10)5-6-1-3-7(8-11)4-2-6/h2-7H,1H3;1-4,8H,5H2. The van der Waals surface area contributed by atoms with E-state index >= 15 is 0 Å². The van der Waals surface area contributed by atoms with Crippen LogP contribution >= 0.6 is 0 Å². The van der Waals surface area contributed by atoms with Crippen LogP contribution in [0.5, 0.6) is 5.75 Å². The van der Waals surface area contributed by atoms with Crippen molar-refractivity contribution in [3.63, 3.8) is 0 Å². The summed E-state index contributed by atoms with van der Waals surface area (Å²) < 4.78 is 29.7. The third kappa shape index (κ3) is 3.78. The Morgan fingerprint density at radius 1 is 1.09 bits per heavy atom. The number of anilines is 1. The van der Waals surface area contributed by atoms with E-state index in [1.807, 2.05) is 42.5 Å². The van der Waals surface area contributed by atoms with Gasteiger partial charge in [0, 0.05) is 17.3 Å². The number of nitrogens with zero attached hydrogens (tertiary/aromatic N) is 1. The molecule has 0 radical (unpaired) electrons. The van der Waals surface area contributed by atoms with Gasteiger partial charge in [-0.05, 0) is 42.0 Å². The topological polar surface area (TPSA) is 68.3 Å². The quantitative estimate of drug-likeness (QED) is 0.745. The Hall–Kier alpha value is -2.60. The van der Waals surface area contributed by atoms with E-state index in [0.29, 0.717) is 5.69 Å². The van der Waals surface area contributed by atoms with Crippen LogP contribution in [0.2, 0.25) is 0 Å². The number of pyridine rings is 1. The SMILES string of the molecule is COc1ccc2ncccc2c1.O=S1(=O)Cc2ccc(cc2)N1. The lowest BCUT2D eigenvalue weighted by atomic mass is 10.2. The van der Waals surface area contributed by atoms with Crippen molar-refractivity contribution in [3.05, 3.63) is 66.4 Å². The predicted octanol–water partition coefficient (Wildman–Crippen LogP) is 3.19. The summed E-state index contributed by atoms with van der Waals surface area (Å²) in [6.45, 7) is 0. The second-order valence-electron chi connectivity index (χ2n) is 5.12. The molecule has 0 spiro atoms. The fourth-order valence-corrected chi connectivity index (χ4v) is 3.48. The molecule has 0 fully saturated rings. The first-order valence-electron chi connectivity index (χ1n) is 7.04. The number of hydrogen-bond donors (Lipinski definition) is 1. The van der Waals surface area contributed by atoms with E-state index in [0.717, 1.165) is 22.2 Å². The Balaban J connectivity index is 0.000000136. The van der Waals surface area contributed by atoms with E-state index in [9.17, 15) is 8.42 Å². The molecule has 2 aliphatic heterocycles. The van der Waals surface area contributed by atoms with Crippen LogP contribution in [0.3, 0.4) is 0 Å². The Bertz CT molecular complexity index is 891. The molecule has 3 aromatic rings. The van der Waals surface area contributed by atoms with Crippen molar-refractivity contribution in [2.45, 2.75) is 5.75 Å². The number of ether oxygens (including phenoxy) is 1. The molecule has 0 saturated heterocycles. The molecule has 5 nitrogen and oxygen atoms in total. The van der Waals surface area contributed by atoms with Crippen LogP contribution in [0.15, 0.2) is 60.8 Å². The Morgan fingerprint density at radius 2 is 1.87 bits per heavy atom. The lowest BCUT2D eigenvalue weighted by Gasteiger charge is -2.00. The minimum atomic E-state index is -3.10. The maximum absolute atomic E-state index is 11.1. The van der Waals surface area contributed by atoms with Crippen molar-refractivity contribution < 1.29 is 13.2 Å². The molecule has 2 aliphatic rings. The first kappa shape index (κ1) is 15.3. The average Bonchev–Trinajstić information content (AvgIpc) is 2.80. The number of sulfonamides is 1. The molecule has 2 bridgehead atoms. The highest BCUT2D eigenvalue weighted by atomic mass is 32.2. The summed E-state index contributed by atoms with van der Waals surface area (Å²) in [5.74, 6) is 0.958. The van der Waals surface area contributed by atoms with Crippen molar-refractivity contribution in [2.75, 3.05) is 11.8 Å². The number of rotatable bonds is 1. The molecule has 23 heavy (non-hydrogen) atoms. The highest BCUT2D eigenvalue weighted by Gasteiger charge is 2.15. The summed E-state index contributed by atoms with van der Waals surface area (Å²) in [4.78, 5) is 4.20. The third-order valence-electron chi connectivity index (χ3n) is 3.39. The van der Waals surface area contributed by atoms with Gasteiger partial charge in [-0.3, -0.25) is 9.71 Å². The number of nitrogens with one attached hydrogen (secondary N) is 1. The van der Waals surface area contributed by atoms with Gasteiger partial charge in [0.05, 0.1) is 18.4 Å². The highest BCUT2D eigenvalue weighted by molar-refractivity contribution is 7.91. The number of methoxy groups -OCH3 is 1. The Morgan fingerprint density at radius 3 is 2.61 bits per heavy atom. The lowest BCUT2D eigenvalue weighted by molar-refractivity contribution is 0.415. The van der Waals surface area contributed by atoms with E-state index in [4.69, 9.17) is 4.74 Å². The van der Waals surface area contributed by atoms with E-state index in [2.05, 4.69) is 9.71 Å². The zero-order valence-corrected chi connectivity index (χ0v) is 13.4. The lowest BCUT2D eigenvalue weighted by Crippen LogP contribution is -2.11. The van der Waals surface area contributed by atoms with Crippen molar-refractivity contribution in [3.8, 4) is 5.75 Å². The molecule has 3 heterocycles. The average molecular weight is 328 g/mol. The summed E-state index contributed by atoms with van der Waals surface area (Å²) in [6, 6.07) is 16.9. The number of aromatic nitrogens is 1. The summed E-state index contributed by atoms with van der Waals surface area (Å²) in [6.07, 6.45) is 1.79. The van der Waals surface area contributed by atoms with Crippen molar-refractivity contribution in [2.24, 2.45) is 0 Å². The first-order chi connectivity index (χ1) is 11.1. The minimum Gasteiger partial charge on any atom is -0.497 e. The van der Waals surface area contributed by atoms with E-state index in [1.165, 1.54) is 0 Å². The molecule has 2 aromatic carbocycles. The van der Waals surface area contributed by atoms with Crippen LogP contribution in [-0.2, 0) is 15.8 Å². The second-order valence-corrected chi connectivity index (χ2v) is 6.84. The molecule has 0 amide bonds. The largest absolute Gasteiger partial charge is 0.497 e. The molecule has 1 aromatic heterocycles. The highest BCUT2D eigenvalue weighted by Crippen LogP contribution is 2.19. The van der Waals surface area contributed by atoms with E-state index in [1.54, 1.807) is 25.4 Å². The molecule has 118 valence electrons. The Kier molecular flexibility index (Phi) is 4.16. The molecule has 0 saturated carbocycles. The molecule has 1 N–H and O–H groups in total. The van der Waals surface area contributed by atoms with Crippen LogP contribution in [0, 0.1) is 0 Å². The van der Waals surface area contributed by atoms with E-state index < -0.39 is 10.0 Å². The van der Waals surface area contributed by atoms with Gasteiger partial charge in [-0.25, -0.2) is 8.42 Å². The van der Waals surface area contributed by atoms with Crippen LogP contribution in [-0.4, -0.2) is 20.5 Å². The zero-order chi connectivity index (χ0) is 16.3. The van der Waals surface area contributed by atoms with Gasteiger partial charge in [0.1, 0.15) is 5.75 Å². The Labute approximate surface area is 135 Å². The van der Waals surface area contributed by atoms with Gasteiger partial charge < -0.3 is 4.74 Å². The smallest absolute Gasteiger partial charge is 0.236 e. The molecule has 5 rings (SSSR count). The summed E-state index contributed by atoms with van der Waals surface area (Å²) in [7, 11) is -1.44. The maximum atomic E-state index is 11.1. The van der Waals surface area contributed by atoms with Crippen LogP contribution in [0.4, 0.5) is 5.69 Å². The molecule has 0 atom stereocenters. The predicted molar refractivity (Wildman–Crippen MR) is 91.0 cm³/mol. The molecular weight excluding hydrogens is 312 g/mol. The van der Waals surface area contributed by atoms with Gasteiger partial charge >= 0.3 is 0 Å². The molecule has 6 heteroatoms. The van der Waals surface area contributed by atoms with Gasteiger partial charge in [-0.2, -0.15) is 0 Å². The van der Waals surface area contributed by atoms with Crippen molar-refractivity contribution in [1.82, 2.24) is 4.98 Å². The monoisotopic (exact) mass is 328 g/mol. The molecule has 0 unspecified atom stereocenters. The van der Waals surface area contributed by atoms with Gasteiger partial charge in [0.15, 0.2) is 0 Å². The fraction of sp³-hybridized carbons (Fsp3) is 0.118. The van der Waals surface area contributed by atoms with Gasteiger partial charge in [0.2, 0.25) is 10.0 Å². The van der Waals surface area contributed by atoms with Crippen LogP contribution in [0.25, 0.3) is 10.9 Å². The van der Waals surface area contributed by atoms with Crippen LogP contribution < -0.4 is 9.46 Å².